The molecule has 0 spiro atoms. The molecule has 100 valence electrons. The number of benzene rings is 1. The van der Waals surface area contributed by atoms with Crippen molar-refractivity contribution in [2.75, 3.05) is 5.33 Å². The van der Waals surface area contributed by atoms with Crippen LogP contribution in [0.15, 0.2) is 24.3 Å². The van der Waals surface area contributed by atoms with E-state index in [9.17, 15) is 4.79 Å². The first-order chi connectivity index (χ1) is 8.58. The van der Waals surface area contributed by atoms with Gasteiger partial charge in [0.15, 0.2) is 0 Å². The number of amides is 1. The van der Waals surface area contributed by atoms with Crippen LogP contribution in [-0.2, 0) is 6.42 Å². The number of nitrogens with one attached hydrogen (secondary N) is 1. The van der Waals surface area contributed by atoms with Crippen molar-refractivity contribution in [2.24, 2.45) is 5.92 Å². The van der Waals surface area contributed by atoms with E-state index in [1.165, 1.54) is 5.56 Å². The molecule has 0 saturated heterocycles. The van der Waals surface area contributed by atoms with Gasteiger partial charge in [-0.25, -0.2) is 0 Å². The number of rotatable bonds is 6. The standard InChI is InChI=1S/C15H22BrNO/c1-4-12-5-7-13(8-6-12)15(18)17-14(9-10-16)11(2)3/h5-8,11,14H,4,9-10H2,1-3H3,(H,17,18). The van der Waals surface area contributed by atoms with Gasteiger partial charge in [0.2, 0.25) is 0 Å². The topological polar surface area (TPSA) is 29.1 Å². The van der Waals surface area contributed by atoms with E-state index in [-0.39, 0.29) is 11.9 Å². The monoisotopic (exact) mass is 311 g/mol. The van der Waals surface area contributed by atoms with Crippen molar-refractivity contribution < 1.29 is 4.79 Å². The molecule has 0 fully saturated rings. The van der Waals surface area contributed by atoms with E-state index in [1.54, 1.807) is 0 Å². The Morgan fingerprint density at radius 3 is 2.33 bits per heavy atom. The highest BCUT2D eigenvalue weighted by molar-refractivity contribution is 9.09. The van der Waals surface area contributed by atoms with Crippen LogP contribution < -0.4 is 5.32 Å². The molecule has 0 aliphatic carbocycles. The number of hydrogen-bond donors (Lipinski definition) is 1. The number of halogens is 1. The number of carbonyl (C=O) groups excluding carboxylic acids is 1. The van der Waals surface area contributed by atoms with Crippen molar-refractivity contribution in [3.63, 3.8) is 0 Å². The quantitative estimate of drug-likeness (QED) is 0.796. The summed E-state index contributed by atoms with van der Waals surface area (Å²) in [5.74, 6) is 0.471. The second-order valence-electron chi connectivity index (χ2n) is 4.85. The second-order valence-corrected chi connectivity index (χ2v) is 5.65. The maximum atomic E-state index is 12.1. The van der Waals surface area contributed by atoms with E-state index in [0.717, 1.165) is 23.7 Å². The molecular weight excluding hydrogens is 290 g/mol. The number of hydrogen-bond acceptors (Lipinski definition) is 1. The summed E-state index contributed by atoms with van der Waals surface area (Å²) in [5.41, 5.74) is 2.00. The fourth-order valence-corrected chi connectivity index (χ4v) is 2.33. The lowest BCUT2D eigenvalue weighted by molar-refractivity contribution is 0.0925. The molecule has 3 heteroatoms. The van der Waals surface area contributed by atoms with E-state index in [4.69, 9.17) is 0 Å². The first-order valence-corrected chi connectivity index (χ1v) is 7.66. The molecule has 0 bridgehead atoms. The van der Waals surface area contributed by atoms with Gasteiger partial charge in [0.05, 0.1) is 0 Å². The first-order valence-electron chi connectivity index (χ1n) is 6.54. The van der Waals surface area contributed by atoms with Crippen molar-refractivity contribution in [1.29, 1.82) is 0 Å². The van der Waals surface area contributed by atoms with Gasteiger partial charge in [0, 0.05) is 16.9 Å². The van der Waals surface area contributed by atoms with Crippen LogP contribution in [0.2, 0.25) is 0 Å². The van der Waals surface area contributed by atoms with Gasteiger partial charge in [-0.1, -0.05) is 48.8 Å². The highest BCUT2D eigenvalue weighted by Gasteiger charge is 2.16. The summed E-state index contributed by atoms with van der Waals surface area (Å²) >= 11 is 3.43. The fourth-order valence-electron chi connectivity index (χ4n) is 1.83. The Labute approximate surface area is 118 Å². The zero-order valence-corrected chi connectivity index (χ0v) is 13.0. The van der Waals surface area contributed by atoms with Gasteiger partial charge in [-0.15, -0.1) is 0 Å². The third-order valence-corrected chi connectivity index (χ3v) is 3.62. The lowest BCUT2D eigenvalue weighted by Gasteiger charge is -2.21. The second kappa shape index (κ2) is 7.57. The third kappa shape index (κ3) is 4.45. The molecule has 0 aromatic heterocycles. The van der Waals surface area contributed by atoms with Crippen LogP contribution in [0.4, 0.5) is 0 Å². The van der Waals surface area contributed by atoms with Crippen LogP contribution in [0.1, 0.15) is 43.1 Å². The molecule has 1 N–H and O–H groups in total. The number of alkyl halides is 1. The minimum Gasteiger partial charge on any atom is -0.349 e. The van der Waals surface area contributed by atoms with Gasteiger partial charge in [-0.2, -0.15) is 0 Å². The molecule has 1 rings (SSSR count). The highest BCUT2D eigenvalue weighted by Crippen LogP contribution is 2.10. The molecule has 2 nitrogen and oxygen atoms in total. The molecule has 1 unspecified atom stereocenters. The molecule has 18 heavy (non-hydrogen) atoms. The smallest absolute Gasteiger partial charge is 0.251 e. The van der Waals surface area contributed by atoms with Gasteiger partial charge >= 0.3 is 0 Å². The maximum Gasteiger partial charge on any atom is 0.251 e. The van der Waals surface area contributed by atoms with Crippen molar-refractivity contribution in [1.82, 2.24) is 5.32 Å². The molecule has 1 aromatic rings. The van der Waals surface area contributed by atoms with Crippen LogP contribution in [0.5, 0.6) is 0 Å². The molecule has 0 saturated carbocycles. The van der Waals surface area contributed by atoms with Gasteiger partial charge in [-0.05, 0) is 36.5 Å². The van der Waals surface area contributed by atoms with Crippen molar-refractivity contribution in [3.05, 3.63) is 35.4 Å². The predicted molar refractivity (Wildman–Crippen MR) is 80.3 cm³/mol. The summed E-state index contributed by atoms with van der Waals surface area (Å²) in [6, 6.07) is 8.06. The van der Waals surface area contributed by atoms with Gasteiger partial charge in [0.25, 0.3) is 5.91 Å². The molecule has 0 aliphatic heterocycles. The lowest BCUT2D eigenvalue weighted by Crippen LogP contribution is -2.38. The number of carbonyl (C=O) groups is 1. The Morgan fingerprint density at radius 1 is 1.28 bits per heavy atom. The maximum absolute atomic E-state index is 12.1. The molecule has 0 aliphatic rings. The van der Waals surface area contributed by atoms with Crippen molar-refractivity contribution in [2.45, 2.75) is 39.7 Å². The van der Waals surface area contributed by atoms with Crippen LogP contribution in [-0.4, -0.2) is 17.3 Å². The number of aryl methyl sites for hydroxylation is 1. The van der Waals surface area contributed by atoms with Crippen molar-refractivity contribution >= 4 is 21.8 Å². The van der Waals surface area contributed by atoms with Crippen LogP contribution in [0.3, 0.4) is 0 Å². The minimum absolute atomic E-state index is 0.0253. The normalized spacial score (nSPS) is 12.5. The first kappa shape index (κ1) is 15.2. The Morgan fingerprint density at radius 2 is 1.89 bits per heavy atom. The van der Waals surface area contributed by atoms with Crippen LogP contribution in [0.25, 0.3) is 0 Å². The Kier molecular flexibility index (Phi) is 6.41. The van der Waals surface area contributed by atoms with Gasteiger partial charge in [0.1, 0.15) is 0 Å². The average molecular weight is 312 g/mol. The van der Waals surface area contributed by atoms with Crippen LogP contribution >= 0.6 is 15.9 Å². The predicted octanol–water partition coefficient (Wildman–Crippen LogP) is 3.79. The zero-order chi connectivity index (χ0) is 13.5. The summed E-state index contributed by atoms with van der Waals surface area (Å²) in [4.78, 5) is 12.1. The Bertz CT molecular complexity index is 373. The largest absolute Gasteiger partial charge is 0.349 e. The van der Waals surface area contributed by atoms with Crippen molar-refractivity contribution in [3.8, 4) is 0 Å². The van der Waals surface area contributed by atoms with E-state index in [2.05, 4.69) is 42.0 Å². The molecule has 1 amide bonds. The summed E-state index contributed by atoms with van der Waals surface area (Å²) in [6.07, 6.45) is 1.95. The molecular formula is C15H22BrNO. The van der Waals surface area contributed by atoms with Gasteiger partial charge < -0.3 is 5.32 Å². The fraction of sp³-hybridized carbons (Fsp3) is 0.533. The van der Waals surface area contributed by atoms with E-state index in [0.29, 0.717) is 5.92 Å². The molecule has 1 atom stereocenters. The van der Waals surface area contributed by atoms with E-state index in [1.807, 2.05) is 24.3 Å². The summed E-state index contributed by atoms with van der Waals surface area (Å²) in [6.45, 7) is 6.38. The summed E-state index contributed by atoms with van der Waals surface area (Å²) in [7, 11) is 0. The van der Waals surface area contributed by atoms with Gasteiger partial charge in [-0.3, -0.25) is 4.79 Å². The average Bonchev–Trinajstić information content (AvgIpc) is 2.38. The summed E-state index contributed by atoms with van der Waals surface area (Å²) in [5, 5.41) is 4.01. The molecule has 0 radical (unpaired) electrons. The van der Waals surface area contributed by atoms with Crippen LogP contribution in [0, 0.1) is 5.92 Å². The highest BCUT2D eigenvalue weighted by atomic mass is 79.9. The zero-order valence-electron chi connectivity index (χ0n) is 11.4. The molecule has 0 heterocycles. The van der Waals surface area contributed by atoms with E-state index < -0.39 is 0 Å². The minimum atomic E-state index is 0.0253. The molecule has 1 aromatic carbocycles. The third-order valence-electron chi connectivity index (χ3n) is 3.17. The Hall–Kier alpha value is -0.830. The summed E-state index contributed by atoms with van der Waals surface area (Å²) < 4.78 is 0. The lowest BCUT2D eigenvalue weighted by atomic mass is 10.0. The van der Waals surface area contributed by atoms with E-state index >= 15 is 0 Å². The Balaban J connectivity index is 2.67. The SMILES string of the molecule is CCc1ccc(C(=O)NC(CCBr)C(C)C)cc1.